The van der Waals surface area contributed by atoms with Gasteiger partial charge in [-0.2, -0.15) is 5.10 Å². The van der Waals surface area contributed by atoms with Crippen LogP contribution in [0.4, 0.5) is 15.4 Å². The van der Waals surface area contributed by atoms with E-state index in [1.807, 2.05) is 42.8 Å². The molecule has 1 aliphatic heterocycles. The van der Waals surface area contributed by atoms with Crippen molar-refractivity contribution in [1.29, 1.82) is 0 Å². The SMILES string of the molecule is CCNC(=O)Nc1ncnc2c1c(Cc1cccc(Cl)c1)nn2C1CN(C(=O)NCC)C1. The molecule has 3 aromatic rings. The van der Waals surface area contributed by atoms with Gasteiger partial charge >= 0.3 is 12.1 Å². The van der Waals surface area contributed by atoms with E-state index >= 15 is 0 Å². The Labute approximate surface area is 190 Å². The summed E-state index contributed by atoms with van der Waals surface area (Å²) in [7, 11) is 0. The van der Waals surface area contributed by atoms with Crippen molar-refractivity contribution in [3.05, 3.63) is 46.9 Å². The van der Waals surface area contributed by atoms with Crippen LogP contribution in [0.5, 0.6) is 0 Å². The van der Waals surface area contributed by atoms with E-state index in [9.17, 15) is 9.59 Å². The fourth-order valence-corrected chi connectivity index (χ4v) is 3.92. The van der Waals surface area contributed by atoms with Gasteiger partial charge in [-0.05, 0) is 31.5 Å². The molecule has 0 radical (unpaired) electrons. The van der Waals surface area contributed by atoms with Crippen molar-refractivity contribution in [2.45, 2.75) is 26.3 Å². The number of fused-ring (bicyclic) bond motifs is 1. The van der Waals surface area contributed by atoms with Crippen molar-refractivity contribution in [2.75, 3.05) is 31.5 Å². The predicted octanol–water partition coefficient (Wildman–Crippen LogP) is 2.80. The Kier molecular flexibility index (Phi) is 6.40. The molecule has 1 saturated heterocycles. The minimum atomic E-state index is -0.347. The Morgan fingerprint density at radius 3 is 2.66 bits per heavy atom. The largest absolute Gasteiger partial charge is 0.338 e. The maximum absolute atomic E-state index is 12.2. The molecule has 2 aromatic heterocycles. The number of hydrogen-bond donors (Lipinski definition) is 3. The van der Waals surface area contributed by atoms with Gasteiger partial charge < -0.3 is 15.5 Å². The molecule has 0 aliphatic carbocycles. The van der Waals surface area contributed by atoms with Crippen LogP contribution >= 0.6 is 11.6 Å². The van der Waals surface area contributed by atoms with Gasteiger partial charge in [0.05, 0.1) is 17.1 Å². The zero-order chi connectivity index (χ0) is 22.7. The highest BCUT2D eigenvalue weighted by atomic mass is 35.5. The second-order valence-electron chi connectivity index (χ2n) is 7.50. The molecule has 0 bridgehead atoms. The molecule has 1 aliphatic rings. The summed E-state index contributed by atoms with van der Waals surface area (Å²) >= 11 is 6.16. The number of anilines is 1. The van der Waals surface area contributed by atoms with Gasteiger partial charge in [-0.1, -0.05) is 23.7 Å². The number of nitrogens with zero attached hydrogens (tertiary/aromatic N) is 5. The summed E-state index contributed by atoms with van der Waals surface area (Å²) in [5, 5.41) is 14.5. The normalized spacial score (nSPS) is 13.7. The Hall–Kier alpha value is -3.40. The summed E-state index contributed by atoms with van der Waals surface area (Å²) in [6, 6.07) is 7.10. The smallest absolute Gasteiger partial charge is 0.320 e. The predicted molar refractivity (Wildman–Crippen MR) is 122 cm³/mol. The van der Waals surface area contributed by atoms with E-state index in [0.29, 0.717) is 54.5 Å². The molecule has 11 heteroatoms. The molecule has 0 atom stereocenters. The zero-order valence-electron chi connectivity index (χ0n) is 17.9. The number of carbonyl (C=O) groups excluding carboxylic acids is 2. The standard InChI is InChI=1S/C21H25ClN8O2/c1-3-23-20(31)27-18-17-16(9-13-6-5-7-14(22)8-13)28-30(19(17)26-12-25-18)15-10-29(11-15)21(32)24-4-2/h5-8,12,15H,3-4,9-11H2,1-2H3,(H,24,32)(H2,23,25,26,27,31). The van der Waals surface area contributed by atoms with Crippen molar-refractivity contribution < 1.29 is 9.59 Å². The quantitative estimate of drug-likeness (QED) is 0.527. The monoisotopic (exact) mass is 456 g/mol. The summed E-state index contributed by atoms with van der Waals surface area (Å²) in [5.74, 6) is 0.393. The molecule has 4 amide bonds. The Morgan fingerprint density at radius 2 is 1.94 bits per heavy atom. The van der Waals surface area contributed by atoms with Crippen LogP contribution < -0.4 is 16.0 Å². The van der Waals surface area contributed by atoms with E-state index in [0.717, 1.165) is 11.3 Å². The van der Waals surface area contributed by atoms with E-state index in [1.165, 1.54) is 6.33 Å². The van der Waals surface area contributed by atoms with E-state index in [4.69, 9.17) is 16.7 Å². The molecule has 168 valence electrons. The van der Waals surface area contributed by atoms with Crippen LogP contribution in [0, 0.1) is 0 Å². The molecule has 0 saturated carbocycles. The minimum Gasteiger partial charge on any atom is -0.338 e. The number of aromatic nitrogens is 4. The number of likely N-dealkylation sites (tertiary alicyclic amines) is 1. The lowest BCUT2D eigenvalue weighted by atomic mass is 10.1. The lowest BCUT2D eigenvalue weighted by Gasteiger charge is -2.39. The molecule has 0 unspecified atom stereocenters. The molecule has 4 rings (SSSR count). The third-order valence-corrected chi connectivity index (χ3v) is 5.45. The second kappa shape index (κ2) is 9.39. The third kappa shape index (κ3) is 4.45. The van der Waals surface area contributed by atoms with Gasteiger partial charge in [-0.25, -0.2) is 24.2 Å². The van der Waals surface area contributed by atoms with Gasteiger partial charge in [-0.3, -0.25) is 5.32 Å². The summed E-state index contributed by atoms with van der Waals surface area (Å²) in [6.45, 7) is 5.86. The van der Waals surface area contributed by atoms with Gasteiger partial charge in [0, 0.05) is 37.6 Å². The van der Waals surface area contributed by atoms with Crippen LogP contribution in [-0.2, 0) is 6.42 Å². The highest BCUT2D eigenvalue weighted by molar-refractivity contribution is 6.30. The van der Waals surface area contributed by atoms with E-state index in [2.05, 4.69) is 25.9 Å². The first kappa shape index (κ1) is 21.8. The number of nitrogens with one attached hydrogen (secondary N) is 3. The van der Waals surface area contributed by atoms with Crippen molar-refractivity contribution in [1.82, 2.24) is 35.3 Å². The first-order valence-corrected chi connectivity index (χ1v) is 10.9. The summed E-state index contributed by atoms with van der Waals surface area (Å²) in [4.78, 5) is 34.7. The van der Waals surface area contributed by atoms with Crippen LogP contribution in [-0.4, -0.2) is 62.9 Å². The highest BCUT2D eigenvalue weighted by Crippen LogP contribution is 2.31. The van der Waals surface area contributed by atoms with E-state index in [-0.39, 0.29) is 18.1 Å². The molecule has 1 fully saturated rings. The summed E-state index contributed by atoms with van der Waals surface area (Å²) in [6.07, 6.45) is 1.90. The number of halogens is 1. The molecule has 3 heterocycles. The Morgan fingerprint density at radius 1 is 1.16 bits per heavy atom. The molecular weight excluding hydrogens is 432 g/mol. The average Bonchev–Trinajstić information content (AvgIpc) is 3.06. The molecule has 10 nitrogen and oxygen atoms in total. The van der Waals surface area contributed by atoms with Gasteiger partial charge in [0.1, 0.15) is 12.1 Å². The Bertz CT molecular complexity index is 1140. The first-order valence-electron chi connectivity index (χ1n) is 10.5. The first-order chi connectivity index (χ1) is 15.5. The van der Waals surface area contributed by atoms with Gasteiger partial charge in [0.2, 0.25) is 0 Å². The fraction of sp³-hybridized carbons (Fsp3) is 0.381. The number of benzene rings is 1. The molecule has 0 spiro atoms. The highest BCUT2D eigenvalue weighted by Gasteiger charge is 2.34. The number of carbonyl (C=O) groups is 2. The number of urea groups is 2. The molecule has 1 aromatic carbocycles. The van der Waals surface area contributed by atoms with Crippen LogP contribution in [0.1, 0.15) is 31.1 Å². The van der Waals surface area contributed by atoms with Crippen molar-refractivity contribution >= 4 is 40.5 Å². The van der Waals surface area contributed by atoms with Gasteiger partial charge in [0.15, 0.2) is 5.65 Å². The van der Waals surface area contributed by atoms with Crippen molar-refractivity contribution in [3.8, 4) is 0 Å². The lowest BCUT2D eigenvalue weighted by Crippen LogP contribution is -2.54. The topological polar surface area (TPSA) is 117 Å². The van der Waals surface area contributed by atoms with Crippen LogP contribution in [0.2, 0.25) is 5.02 Å². The van der Waals surface area contributed by atoms with Crippen LogP contribution in [0.15, 0.2) is 30.6 Å². The molecule has 3 N–H and O–H groups in total. The maximum atomic E-state index is 12.2. The lowest BCUT2D eigenvalue weighted by molar-refractivity contribution is 0.120. The molecule has 32 heavy (non-hydrogen) atoms. The van der Waals surface area contributed by atoms with Crippen LogP contribution in [0.3, 0.4) is 0 Å². The van der Waals surface area contributed by atoms with E-state index < -0.39 is 0 Å². The number of rotatable bonds is 6. The van der Waals surface area contributed by atoms with Gasteiger partial charge in [0.25, 0.3) is 0 Å². The minimum absolute atomic E-state index is 0.0135. The van der Waals surface area contributed by atoms with Crippen molar-refractivity contribution in [3.63, 3.8) is 0 Å². The zero-order valence-corrected chi connectivity index (χ0v) is 18.7. The number of hydrogen-bond acceptors (Lipinski definition) is 5. The van der Waals surface area contributed by atoms with Gasteiger partial charge in [-0.15, -0.1) is 0 Å². The number of amides is 4. The van der Waals surface area contributed by atoms with Crippen molar-refractivity contribution in [2.24, 2.45) is 0 Å². The second-order valence-corrected chi connectivity index (χ2v) is 7.93. The van der Waals surface area contributed by atoms with Crippen LogP contribution in [0.25, 0.3) is 11.0 Å². The summed E-state index contributed by atoms with van der Waals surface area (Å²) in [5.41, 5.74) is 2.32. The summed E-state index contributed by atoms with van der Waals surface area (Å²) < 4.78 is 1.83. The Balaban J connectivity index is 1.70. The molecular formula is C21H25ClN8O2. The van der Waals surface area contributed by atoms with E-state index in [1.54, 1.807) is 4.90 Å². The fourth-order valence-electron chi connectivity index (χ4n) is 3.71. The average molecular weight is 457 g/mol. The third-order valence-electron chi connectivity index (χ3n) is 5.21. The maximum Gasteiger partial charge on any atom is 0.320 e.